The van der Waals surface area contributed by atoms with Crippen LogP contribution in [0.5, 0.6) is 5.88 Å². The van der Waals surface area contributed by atoms with Gasteiger partial charge in [-0.25, -0.2) is 9.97 Å². The van der Waals surface area contributed by atoms with Gasteiger partial charge in [-0.05, 0) is 31.8 Å². The Labute approximate surface area is 116 Å². The lowest BCUT2D eigenvalue weighted by atomic mass is 9.84. The first-order valence-corrected chi connectivity index (χ1v) is 7.02. The third-order valence-electron chi connectivity index (χ3n) is 4.62. The topological polar surface area (TPSA) is 82.1 Å². The lowest BCUT2D eigenvalue weighted by molar-refractivity contribution is 0.0595. The SMILES string of the molecule is COc1ncnc2c1nc(N)n2C1CN2CCC1CC2. The number of piperidine rings is 3. The maximum atomic E-state index is 6.15. The van der Waals surface area contributed by atoms with E-state index in [0.29, 0.717) is 29.3 Å². The molecule has 20 heavy (non-hydrogen) atoms. The molecule has 5 heterocycles. The first-order valence-electron chi connectivity index (χ1n) is 7.02. The highest BCUT2D eigenvalue weighted by Gasteiger charge is 2.37. The first-order chi connectivity index (χ1) is 9.78. The number of anilines is 1. The van der Waals surface area contributed by atoms with E-state index in [0.717, 1.165) is 12.2 Å². The van der Waals surface area contributed by atoms with E-state index in [4.69, 9.17) is 10.5 Å². The second kappa shape index (κ2) is 4.31. The van der Waals surface area contributed by atoms with Gasteiger partial charge in [-0.1, -0.05) is 0 Å². The van der Waals surface area contributed by atoms with E-state index < -0.39 is 0 Å². The Morgan fingerprint density at radius 3 is 2.75 bits per heavy atom. The molecule has 3 fully saturated rings. The molecule has 2 aromatic rings. The van der Waals surface area contributed by atoms with E-state index in [-0.39, 0.29) is 0 Å². The van der Waals surface area contributed by atoms with Gasteiger partial charge in [-0.2, -0.15) is 4.98 Å². The molecule has 2 N–H and O–H groups in total. The number of rotatable bonds is 2. The molecule has 0 aromatic carbocycles. The summed E-state index contributed by atoms with van der Waals surface area (Å²) in [6.45, 7) is 3.44. The van der Waals surface area contributed by atoms with Gasteiger partial charge in [-0.3, -0.25) is 4.57 Å². The number of aromatic nitrogens is 4. The molecule has 0 radical (unpaired) electrons. The molecule has 0 aliphatic carbocycles. The van der Waals surface area contributed by atoms with Crippen molar-refractivity contribution in [3.05, 3.63) is 6.33 Å². The molecule has 2 bridgehead atoms. The molecule has 0 amide bonds. The van der Waals surface area contributed by atoms with Crippen LogP contribution in [0.25, 0.3) is 11.2 Å². The van der Waals surface area contributed by atoms with Crippen molar-refractivity contribution < 1.29 is 4.74 Å². The number of hydrogen-bond acceptors (Lipinski definition) is 6. The largest absolute Gasteiger partial charge is 0.479 e. The average molecular weight is 274 g/mol. The summed E-state index contributed by atoms with van der Waals surface area (Å²) in [6.07, 6.45) is 3.97. The predicted molar refractivity (Wildman–Crippen MR) is 74.5 cm³/mol. The fourth-order valence-electron chi connectivity index (χ4n) is 3.61. The summed E-state index contributed by atoms with van der Waals surface area (Å²) in [7, 11) is 1.59. The summed E-state index contributed by atoms with van der Waals surface area (Å²) in [5, 5.41) is 0. The third kappa shape index (κ3) is 1.59. The van der Waals surface area contributed by atoms with Crippen LogP contribution in [0, 0.1) is 5.92 Å². The Morgan fingerprint density at radius 2 is 2.10 bits per heavy atom. The van der Waals surface area contributed by atoms with Crippen molar-refractivity contribution in [3.8, 4) is 5.88 Å². The average Bonchev–Trinajstić information content (AvgIpc) is 2.84. The number of fused-ring (bicyclic) bond motifs is 4. The standard InChI is InChI=1S/C13H18N6O/c1-20-12-10-11(15-7-16-12)19(13(14)17-10)9-6-18-4-2-8(9)3-5-18/h7-9H,2-6H2,1H3,(H2,14,17). The molecule has 0 spiro atoms. The quantitative estimate of drug-likeness (QED) is 0.867. The number of nitrogens with two attached hydrogens (primary N) is 1. The minimum Gasteiger partial charge on any atom is -0.479 e. The number of ether oxygens (including phenoxy) is 1. The van der Waals surface area contributed by atoms with Crippen molar-refractivity contribution in [1.82, 2.24) is 24.4 Å². The second-order valence-electron chi connectivity index (χ2n) is 5.60. The zero-order chi connectivity index (χ0) is 13.7. The molecule has 3 aliphatic heterocycles. The minimum absolute atomic E-state index is 0.363. The number of imidazole rings is 1. The van der Waals surface area contributed by atoms with Crippen molar-refractivity contribution in [2.24, 2.45) is 5.92 Å². The van der Waals surface area contributed by atoms with Crippen LogP contribution in [0.1, 0.15) is 18.9 Å². The fourth-order valence-corrected chi connectivity index (χ4v) is 3.61. The Bertz CT molecular complexity index is 646. The van der Waals surface area contributed by atoms with Crippen LogP contribution < -0.4 is 10.5 Å². The van der Waals surface area contributed by atoms with Crippen LogP contribution >= 0.6 is 0 Å². The smallest absolute Gasteiger partial charge is 0.245 e. The number of nitrogen functional groups attached to an aromatic ring is 1. The number of hydrogen-bond donors (Lipinski definition) is 1. The summed E-state index contributed by atoms with van der Waals surface area (Å²) < 4.78 is 7.33. The van der Waals surface area contributed by atoms with Crippen molar-refractivity contribution in [1.29, 1.82) is 0 Å². The molecule has 5 rings (SSSR count). The van der Waals surface area contributed by atoms with Gasteiger partial charge in [0.05, 0.1) is 13.2 Å². The first kappa shape index (κ1) is 11.9. The molecule has 106 valence electrons. The highest BCUT2D eigenvalue weighted by atomic mass is 16.5. The maximum Gasteiger partial charge on any atom is 0.245 e. The third-order valence-corrected chi connectivity index (χ3v) is 4.62. The van der Waals surface area contributed by atoms with Crippen molar-refractivity contribution in [3.63, 3.8) is 0 Å². The maximum absolute atomic E-state index is 6.15. The molecule has 2 aromatic heterocycles. The van der Waals surface area contributed by atoms with Crippen LogP contribution in [-0.2, 0) is 0 Å². The lowest BCUT2D eigenvalue weighted by Crippen LogP contribution is -2.48. The molecule has 1 unspecified atom stereocenters. The van der Waals surface area contributed by atoms with Crippen LogP contribution in [0.15, 0.2) is 6.33 Å². The minimum atomic E-state index is 0.363. The predicted octanol–water partition coefficient (Wildman–Crippen LogP) is 0.684. The van der Waals surface area contributed by atoms with E-state index in [1.165, 1.54) is 32.3 Å². The molecule has 3 aliphatic rings. The summed E-state index contributed by atoms with van der Waals surface area (Å²) >= 11 is 0. The molecular weight excluding hydrogens is 256 g/mol. The molecular formula is C13H18N6O. The van der Waals surface area contributed by atoms with Gasteiger partial charge in [0.15, 0.2) is 11.2 Å². The van der Waals surface area contributed by atoms with Crippen molar-refractivity contribution in [2.75, 3.05) is 32.5 Å². The Morgan fingerprint density at radius 1 is 1.30 bits per heavy atom. The van der Waals surface area contributed by atoms with Gasteiger partial charge in [-0.15, -0.1) is 0 Å². The van der Waals surface area contributed by atoms with Gasteiger partial charge < -0.3 is 15.4 Å². The Kier molecular flexibility index (Phi) is 2.56. The normalized spacial score (nSPS) is 28.9. The summed E-state index contributed by atoms with van der Waals surface area (Å²) in [5.74, 6) is 1.67. The van der Waals surface area contributed by atoms with Gasteiger partial charge in [0.25, 0.3) is 0 Å². The zero-order valence-corrected chi connectivity index (χ0v) is 11.5. The van der Waals surface area contributed by atoms with Gasteiger partial charge >= 0.3 is 0 Å². The van der Waals surface area contributed by atoms with Crippen LogP contribution in [0.3, 0.4) is 0 Å². The molecule has 0 saturated carbocycles. The van der Waals surface area contributed by atoms with E-state index in [1.54, 1.807) is 7.11 Å². The Hall–Kier alpha value is -1.89. The second-order valence-corrected chi connectivity index (χ2v) is 5.60. The summed E-state index contributed by atoms with van der Waals surface area (Å²) in [6, 6.07) is 0.363. The van der Waals surface area contributed by atoms with Crippen LogP contribution in [-0.4, -0.2) is 51.2 Å². The number of nitrogens with zero attached hydrogens (tertiary/aromatic N) is 5. The lowest BCUT2D eigenvalue weighted by Gasteiger charge is -2.45. The van der Waals surface area contributed by atoms with Crippen LogP contribution in [0.4, 0.5) is 5.95 Å². The van der Waals surface area contributed by atoms with E-state index >= 15 is 0 Å². The molecule has 7 nitrogen and oxygen atoms in total. The van der Waals surface area contributed by atoms with Crippen molar-refractivity contribution >= 4 is 17.1 Å². The molecule has 3 saturated heterocycles. The van der Waals surface area contributed by atoms with E-state index in [1.807, 2.05) is 0 Å². The van der Waals surface area contributed by atoms with Gasteiger partial charge in [0.1, 0.15) is 6.33 Å². The van der Waals surface area contributed by atoms with Gasteiger partial charge in [0, 0.05) is 6.54 Å². The highest BCUT2D eigenvalue weighted by molar-refractivity contribution is 5.79. The van der Waals surface area contributed by atoms with E-state index in [9.17, 15) is 0 Å². The zero-order valence-electron chi connectivity index (χ0n) is 11.5. The fraction of sp³-hybridized carbons (Fsp3) is 0.615. The molecule has 1 atom stereocenters. The van der Waals surface area contributed by atoms with Gasteiger partial charge in [0.2, 0.25) is 11.8 Å². The summed E-state index contributed by atoms with van der Waals surface area (Å²) in [4.78, 5) is 15.4. The molecule has 7 heteroatoms. The number of methoxy groups -OCH3 is 1. The Balaban J connectivity index is 1.85. The monoisotopic (exact) mass is 274 g/mol. The summed E-state index contributed by atoms with van der Waals surface area (Å²) in [5.41, 5.74) is 7.59. The van der Waals surface area contributed by atoms with Crippen molar-refractivity contribution in [2.45, 2.75) is 18.9 Å². The van der Waals surface area contributed by atoms with Crippen LogP contribution in [0.2, 0.25) is 0 Å². The highest BCUT2D eigenvalue weighted by Crippen LogP contribution is 2.38. The van der Waals surface area contributed by atoms with E-state index in [2.05, 4.69) is 24.4 Å².